The maximum absolute atomic E-state index is 12.4. The zero-order valence-electron chi connectivity index (χ0n) is 10.7. The topological polar surface area (TPSA) is 18.5 Å². The van der Waals surface area contributed by atoms with Crippen LogP contribution in [0.25, 0.3) is 11.1 Å². The van der Waals surface area contributed by atoms with E-state index in [4.69, 9.17) is 11.6 Å². The second-order valence-corrected chi connectivity index (χ2v) is 4.47. The van der Waals surface area contributed by atoms with Gasteiger partial charge in [-0.05, 0) is 29.8 Å². The predicted molar refractivity (Wildman–Crippen MR) is 70.2 cm³/mol. The van der Waals surface area contributed by atoms with Gasteiger partial charge in [-0.15, -0.1) is 13.2 Å². The number of hydrogen-bond acceptors (Lipinski definition) is 2. The Morgan fingerprint density at radius 2 is 1.59 bits per heavy atom. The van der Waals surface area contributed by atoms with E-state index in [1.807, 2.05) is 0 Å². The molecule has 0 spiro atoms. The summed E-state index contributed by atoms with van der Waals surface area (Å²) in [5.41, 5.74) is 0.471. The largest absolute Gasteiger partial charge is 0.573 e. The molecule has 2 aromatic rings. The lowest BCUT2D eigenvalue weighted by atomic mass is 10.0. The lowest BCUT2D eigenvalue weighted by Crippen LogP contribution is -2.16. The van der Waals surface area contributed by atoms with Gasteiger partial charge in [0.1, 0.15) is 11.5 Å². The summed E-state index contributed by atoms with van der Waals surface area (Å²) in [5.74, 6) is -0.605. The van der Waals surface area contributed by atoms with Crippen LogP contribution in [0.1, 0.15) is 0 Å². The molecule has 2 rings (SSSR count). The van der Waals surface area contributed by atoms with E-state index < -0.39 is 18.7 Å². The fourth-order valence-electron chi connectivity index (χ4n) is 1.80. The van der Waals surface area contributed by atoms with Crippen molar-refractivity contribution in [2.45, 2.75) is 13.0 Å². The Bertz CT molecular complexity index is 641. The Hall–Kier alpha value is -2.02. The molecule has 0 saturated heterocycles. The number of alkyl halides is 5. The zero-order valence-corrected chi connectivity index (χ0v) is 11.5. The van der Waals surface area contributed by atoms with Gasteiger partial charge in [-0.25, -0.2) is 0 Å². The molecule has 2 nitrogen and oxygen atoms in total. The number of rotatable bonds is 4. The van der Waals surface area contributed by atoms with E-state index in [9.17, 15) is 22.0 Å². The fourth-order valence-corrected chi connectivity index (χ4v) is 2.08. The summed E-state index contributed by atoms with van der Waals surface area (Å²) >= 11 is 5.96. The molecule has 0 aliphatic heterocycles. The van der Waals surface area contributed by atoms with Gasteiger partial charge in [0, 0.05) is 5.56 Å². The highest BCUT2D eigenvalue weighted by molar-refractivity contribution is 6.33. The van der Waals surface area contributed by atoms with Gasteiger partial charge in [-0.2, -0.15) is 8.78 Å². The minimum Gasteiger partial charge on any atom is -0.434 e. The van der Waals surface area contributed by atoms with Crippen molar-refractivity contribution >= 4 is 11.6 Å². The van der Waals surface area contributed by atoms with E-state index >= 15 is 0 Å². The molecule has 0 aliphatic carbocycles. The molecule has 0 unspecified atom stereocenters. The van der Waals surface area contributed by atoms with Gasteiger partial charge in [0.15, 0.2) is 0 Å². The summed E-state index contributed by atoms with van der Waals surface area (Å²) in [4.78, 5) is 0. The Labute approximate surface area is 127 Å². The molecule has 22 heavy (non-hydrogen) atoms. The molecule has 2 aromatic carbocycles. The molecule has 118 valence electrons. The molecule has 0 atom stereocenters. The first-order chi connectivity index (χ1) is 10.3. The van der Waals surface area contributed by atoms with Crippen molar-refractivity contribution in [1.29, 1.82) is 0 Å². The highest BCUT2D eigenvalue weighted by Crippen LogP contribution is 2.38. The maximum Gasteiger partial charge on any atom is 0.573 e. The van der Waals surface area contributed by atoms with Crippen LogP contribution in [0.2, 0.25) is 5.02 Å². The SMILES string of the molecule is FC(F)Oc1cccc(Cl)c1-c1ccc(OC(F)(F)F)cc1. The van der Waals surface area contributed by atoms with Crippen LogP contribution in [0.5, 0.6) is 11.5 Å². The third-order valence-corrected chi connectivity index (χ3v) is 2.88. The van der Waals surface area contributed by atoms with Gasteiger partial charge in [0.05, 0.1) is 5.02 Å². The molecule has 0 radical (unpaired) electrons. The number of ether oxygens (including phenoxy) is 2. The van der Waals surface area contributed by atoms with Gasteiger partial charge in [0.25, 0.3) is 0 Å². The molecule has 8 heteroatoms. The van der Waals surface area contributed by atoms with Crippen LogP contribution in [-0.2, 0) is 0 Å². The molecule has 0 aliphatic rings. The van der Waals surface area contributed by atoms with Crippen LogP contribution >= 0.6 is 11.6 Å². The number of halogens is 6. The van der Waals surface area contributed by atoms with Crippen molar-refractivity contribution in [3.63, 3.8) is 0 Å². The first-order valence-electron chi connectivity index (χ1n) is 5.86. The summed E-state index contributed by atoms with van der Waals surface area (Å²) < 4.78 is 69.1. The lowest BCUT2D eigenvalue weighted by Gasteiger charge is -2.13. The minimum atomic E-state index is -4.81. The van der Waals surface area contributed by atoms with Crippen molar-refractivity contribution in [3.05, 3.63) is 47.5 Å². The monoisotopic (exact) mass is 338 g/mol. The highest BCUT2D eigenvalue weighted by atomic mass is 35.5. The van der Waals surface area contributed by atoms with Crippen LogP contribution in [0.15, 0.2) is 42.5 Å². The van der Waals surface area contributed by atoms with E-state index in [2.05, 4.69) is 9.47 Å². The third-order valence-electron chi connectivity index (χ3n) is 2.57. The van der Waals surface area contributed by atoms with E-state index in [0.29, 0.717) is 5.56 Å². The summed E-state index contributed by atoms with van der Waals surface area (Å²) in [7, 11) is 0. The maximum atomic E-state index is 12.4. The van der Waals surface area contributed by atoms with Gasteiger partial charge < -0.3 is 9.47 Å². The van der Waals surface area contributed by atoms with Crippen LogP contribution in [0, 0.1) is 0 Å². The molecular weight excluding hydrogens is 331 g/mol. The molecule has 0 saturated carbocycles. The molecular formula is C14H8ClF5O2. The Morgan fingerprint density at radius 1 is 0.955 bits per heavy atom. The molecule has 0 N–H and O–H groups in total. The minimum absolute atomic E-state index is 0.127. The number of hydrogen-bond donors (Lipinski definition) is 0. The first kappa shape index (κ1) is 16.4. The number of benzene rings is 2. The van der Waals surface area contributed by atoms with Crippen molar-refractivity contribution in [2.24, 2.45) is 0 Å². The summed E-state index contributed by atoms with van der Waals surface area (Å²) in [6.45, 7) is -3.05. The first-order valence-corrected chi connectivity index (χ1v) is 6.23. The van der Waals surface area contributed by atoms with Gasteiger partial charge >= 0.3 is 13.0 Å². The van der Waals surface area contributed by atoms with Crippen molar-refractivity contribution in [1.82, 2.24) is 0 Å². The third kappa shape index (κ3) is 4.24. The Kier molecular flexibility index (Phi) is 4.75. The van der Waals surface area contributed by atoms with Gasteiger partial charge in [-0.3, -0.25) is 0 Å². The molecule has 0 heterocycles. The average molecular weight is 339 g/mol. The van der Waals surface area contributed by atoms with Crippen molar-refractivity contribution in [2.75, 3.05) is 0 Å². The molecule has 0 amide bonds. The van der Waals surface area contributed by atoms with Crippen LogP contribution in [0.4, 0.5) is 22.0 Å². The lowest BCUT2D eigenvalue weighted by molar-refractivity contribution is -0.274. The van der Waals surface area contributed by atoms with Crippen molar-refractivity contribution in [3.8, 4) is 22.6 Å². The zero-order chi connectivity index (χ0) is 16.3. The van der Waals surface area contributed by atoms with Crippen LogP contribution < -0.4 is 9.47 Å². The van der Waals surface area contributed by atoms with E-state index in [0.717, 1.165) is 12.1 Å². The van der Waals surface area contributed by atoms with Gasteiger partial charge in [-0.1, -0.05) is 29.8 Å². The van der Waals surface area contributed by atoms with Crippen LogP contribution in [0.3, 0.4) is 0 Å². The smallest absolute Gasteiger partial charge is 0.434 e. The normalized spacial score (nSPS) is 11.6. The van der Waals surface area contributed by atoms with Gasteiger partial charge in [0.2, 0.25) is 0 Å². The molecule has 0 fully saturated rings. The Balaban J connectivity index is 2.36. The standard InChI is InChI=1S/C14H8ClF5O2/c15-10-2-1-3-11(21-13(16)17)12(10)8-4-6-9(7-5-8)22-14(18,19)20/h1-7,13H. The highest BCUT2D eigenvalue weighted by Gasteiger charge is 2.31. The average Bonchev–Trinajstić information content (AvgIpc) is 2.38. The predicted octanol–water partition coefficient (Wildman–Crippen LogP) is 5.51. The van der Waals surface area contributed by atoms with E-state index in [-0.39, 0.29) is 16.3 Å². The summed E-state index contributed by atoms with van der Waals surface area (Å²) in [5, 5.41) is 0.127. The van der Waals surface area contributed by atoms with E-state index in [1.54, 1.807) is 0 Å². The van der Waals surface area contributed by atoms with Crippen molar-refractivity contribution < 1.29 is 31.4 Å². The fraction of sp³-hybridized carbons (Fsp3) is 0.143. The van der Waals surface area contributed by atoms with Crippen LogP contribution in [-0.4, -0.2) is 13.0 Å². The Morgan fingerprint density at radius 3 is 2.14 bits per heavy atom. The van der Waals surface area contributed by atoms with E-state index in [1.165, 1.54) is 30.3 Å². The summed E-state index contributed by atoms with van der Waals surface area (Å²) in [6, 6.07) is 8.80. The summed E-state index contributed by atoms with van der Waals surface area (Å²) in [6.07, 6.45) is -4.81. The molecule has 0 bridgehead atoms. The molecule has 0 aromatic heterocycles. The second-order valence-electron chi connectivity index (χ2n) is 4.06. The second kappa shape index (κ2) is 6.39. The quantitative estimate of drug-likeness (QED) is 0.685.